The summed E-state index contributed by atoms with van der Waals surface area (Å²) in [6, 6.07) is 4.03. The number of nitrogens with zero attached hydrogens (tertiary/aromatic N) is 1. The minimum absolute atomic E-state index is 0.0790. The first-order valence-electron chi connectivity index (χ1n) is 5.55. The van der Waals surface area contributed by atoms with Crippen LogP contribution in [0.25, 0.3) is 0 Å². The summed E-state index contributed by atoms with van der Waals surface area (Å²) in [6.07, 6.45) is 0.919. The van der Waals surface area contributed by atoms with Gasteiger partial charge in [-0.25, -0.2) is 0 Å². The number of esters is 1. The Morgan fingerprint density at radius 2 is 2.62 bits per heavy atom. The molecule has 3 nitrogen and oxygen atoms in total. The zero-order valence-corrected chi connectivity index (χ0v) is 9.92. The molecule has 0 spiro atoms. The molecule has 2 heterocycles. The lowest BCUT2D eigenvalue weighted by Gasteiger charge is -2.13. The molecule has 16 heavy (non-hydrogen) atoms. The molecule has 1 aliphatic heterocycles. The highest BCUT2D eigenvalue weighted by Gasteiger charge is 2.67. The maximum atomic E-state index is 12.0. The number of hydrogen-bond donors (Lipinski definition) is 0. The molecule has 1 fully saturated rings. The quantitative estimate of drug-likeness (QED) is 0.753. The Kier molecular flexibility index (Phi) is 2.14. The molecule has 1 aromatic heterocycles. The molecule has 1 aromatic rings. The lowest BCUT2D eigenvalue weighted by molar-refractivity contribution is -0.147. The smallest absolute Gasteiger partial charge is 0.318 e. The summed E-state index contributed by atoms with van der Waals surface area (Å²) in [5.74, 6) is 0.313. The Morgan fingerprint density at radius 3 is 3.25 bits per heavy atom. The molecule has 0 saturated heterocycles. The van der Waals surface area contributed by atoms with E-state index in [0.29, 0.717) is 12.5 Å². The molecule has 0 unspecified atom stereocenters. The van der Waals surface area contributed by atoms with Crippen LogP contribution in [0.4, 0.5) is 0 Å². The number of carbonyl (C=O) groups is 1. The van der Waals surface area contributed by atoms with Gasteiger partial charge in [-0.2, -0.15) is 0 Å². The normalized spacial score (nSPS) is 30.8. The Balaban J connectivity index is 1.93. The van der Waals surface area contributed by atoms with E-state index in [-0.39, 0.29) is 11.4 Å². The van der Waals surface area contributed by atoms with Crippen LogP contribution in [-0.4, -0.2) is 24.8 Å². The van der Waals surface area contributed by atoms with Crippen LogP contribution < -0.4 is 0 Å². The van der Waals surface area contributed by atoms with Crippen LogP contribution >= 0.6 is 11.3 Å². The monoisotopic (exact) mass is 235 g/mol. The van der Waals surface area contributed by atoms with Crippen molar-refractivity contribution in [2.75, 3.05) is 13.2 Å². The summed E-state index contributed by atoms with van der Waals surface area (Å²) < 4.78 is 5.18. The van der Waals surface area contributed by atoms with E-state index in [2.05, 4.69) is 4.99 Å². The van der Waals surface area contributed by atoms with Gasteiger partial charge in [0, 0.05) is 17.3 Å². The molecular weight excluding hydrogens is 222 g/mol. The summed E-state index contributed by atoms with van der Waals surface area (Å²) in [7, 11) is 0. The number of carbonyl (C=O) groups excluding carboxylic acids is 1. The minimum Gasteiger partial charge on any atom is -0.465 e. The average molecular weight is 235 g/mol. The molecule has 2 aliphatic rings. The van der Waals surface area contributed by atoms with Gasteiger partial charge in [-0.3, -0.25) is 9.79 Å². The second kappa shape index (κ2) is 3.42. The van der Waals surface area contributed by atoms with Crippen molar-refractivity contribution >= 4 is 23.0 Å². The lowest BCUT2D eigenvalue weighted by Crippen LogP contribution is -2.28. The highest BCUT2D eigenvalue weighted by Crippen LogP contribution is 2.59. The molecule has 0 radical (unpaired) electrons. The first kappa shape index (κ1) is 10.0. The number of ether oxygens (including phenoxy) is 1. The molecule has 1 aliphatic carbocycles. The molecule has 0 amide bonds. The number of aliphatic imine (C=N–C) groups is 1. The standard InChI is InChI=1S/C12H13NO2S/c1-2-15-11(14)12-6-8(12)7-13-10(12)9-4-3-5-16-9/h3-5,8H,2,6-7H2,1H3/t8-,12+/m1/s1. The van der Waals surface area contributed by atoms with Crippen molar-refractivity contribution < 1.29 is 9.53 Å². The molecule has 2 atom stereocenters. The molecule has 0 bridgehead atoms. The summed E-state index contributed by atoms with van der Waals surface area (Å²) in [5, 5.41) is 2.02. The van der Waals surface area contributed by atoms with Gasteiger partial charge in [-0.1, -0.05) is 6.07 Å². The van der Waals surface area contributed by atoms with Crippen LogP contribution in [-0.2, 0) is 9.53 Å². The van der Waals surface area contributed by atoms with E-state index in [4.69, 9.17) is 4.74 Å². The summed E-state index contributed by atoms with van der Waals surface area (Å²) in [4.78, 5) is 17.6. The fourth-order valence-corrected chi connectivity index (χ4v) is 3.32. The second-order valence-electron chi connectivity index (χ2n) is 4.26. The van der Waals surface area contributed by atoms with Crippen molar-refractivity contribution in [3.05, 3.63) is 22.4 Å². The molecule has 84 valence electrons. The Hall–Kier alpha value is -1.16. The lowest BCUT2D eigenvalue weighted by atomic mass is 9.98. The van der Waals surface area contributed by atoms with E-state index < -0.39 is 0 Å². The minimum atomic E-state index is -0.388. The van der Waals surface area contributed by atoms with Gasteiger partial charge in [0.25, 0.3) is 0 Å². The van der Waals surface area contributed by atoms with Gasteiger partial charge in [-0.05, 0) is 24.8 Å². The van der Waals surface area contributed by atoms with E-state index in [9.17, 15) is 4.79 Å². The van der Waals surface area contributed by atoms with Gasteiger partial charge in [0.15, 0.2) is 0 Å². The van der Waals surface area contributed by atoms with Gasteiger partial charge < -0.3 is 4.74 Å². The topological polar surface area (TPSA) is 38.7 Å². The predicted molar refractivity (Wildman–Crippen MR) is 62.9 cm³/mol. The first-order chi connectivity index (χ1) is 7.79. The van der Waals surface area contributed by atoms with Crippen molar-refractivity contribution in [2.24, 2.45) is 16.3 Å². The van der Waals surface area contributed by atoms with Crippen LogP contribution in [0.5, 0.6) is 0 Å². The molecule has 1 saturated carbocycles. The Bertz CT molecular complexity index is 452. The highest BCUT2D eigenvalue weighted by molar-refractivity contribution is 7.12. The maximum Gasteiger partial charge on any atom is 0.318 e. The maximum absolute atomic E-state index is 12.0. The highest BCUT2D eigenvalue weighted by atomic mass is 32.1. The van der Waals surface area contributed by atoms with Crippen molar-refractivity contribution in [1.29, 1.82) is 0 Å². The van der Waals surface area contributed by atoms with Crippen molar-refractivity contribution in [3.8, 4) is 0 Å². The van der Waals surface area contributed by atoms with E-state index >= 15 is 0 Å². The van der Waals surface area contributed by atoms with Crippen LogP contribution in [0.2, 0.25) is 0 Å². The van der Waals surface area contributed by atoms with Crippen LogP contribution in [0, 0.1) is 11.3 Å². The SMILES string of the molecule is CCOC(=O)[C@@]12C[C@@H]1CN=C2c1cccs1. The van der Waals surface area contributed by atoms with Gasteiger partial charge in [0.1, 0.15) is 5.41 Å². The summed E-state index contributed by atoms with van der Waals surface area (Å²) in [5.41, 5.74) is 0.576. The van der Waals surface area contributed by atoms with Crippen molar-refractivity contribution in [2.45, 2.75) is 13.3 Å². The molecule has 3 rings (SSSR count). The predicted octanol–water partition coefficient (Wildman–Crippen LogP) is 2.12. The van der Waals surface area contributed by atoms with Gasteiger partial charge in [-0.15, -0.1) is 11.3 Å². The third-order valence-electron chi connectivity index (χ3n) is 3.39. The Morgan fingerprint density at radius 1 is 1.75 bits per heavy atom. The van der Waals surface area contributed by atoms with Crippen molar-refractivity contribution in [3.63, 3.8) is 0 Å². The fourth-order valence-electron chi connectivity index (χ4n) is 2.50. The van der Waals surface area contributed by atoms with Crippen molar-refractivity contribution in [1.82, 2.24) is 0 Å². The molecule has 0 N–H and O–H groups in total. The van der Waals surface area contributed by atoms with Crippen LogP contribution in [0.1, 0.15) is 18.2 Å². The second-order valence-corrected chi connectivity index (χ2v) is 5.21. The summed E-state index contributed by atoms with van der Waals surface area (Å²) >= 11 is 1.65. The summed E-state index contributed by atoms with van der Waals surface area (Å²) in [6.45, 7) is 3.08. The van der Waals surface area contributed by atoms with E-state index in [1.165, 1.54) is 0 Å². The van der Waals surface area contributed by atoms with Gasteiger partial charge >= 0.3 is 5.97 Å². The van der Waals surface area contributed by atoms with Gasteiger partial charge in [0.2, 0.25) is 0 Å². The number of rotatable bonds is 3. The number of fused-ring (bicyclic) bond motifs is 1. The Labute approximate surface area is 98.2 Å². The third kappa shape index (κ3) is 1.19. The zero-order valence-electron chi connectivity index (χ0n) is 9.10. The number of hydrogen-bond acceptors (Lipinski definition) is 4. The fraction of sp³-hybridized carbons (Fsp3) is 0.500. The average Bonchev–Trinajstić information content (AvgIpc) is 2.67. The third-order valence-corrected chi connectivity index (χ3v) is 4.27. The number of thiophene rings is 1. The molecular formula is C12H13NO2S. The van der Waals surface area contributed by atoms with Crippen LogP contribution in [0.15, 0.2) is 22.5 Å². The largest absolute Gasteiger partial charge is 0.465 e. The van der Waals surface area contributed by atoms with Gasteiger partial charge in [0.05, 0.1) is 12.3 Å². The van der Waals surface area contributed by atoms with E-state index in [1.807, 2.05) is 24.4 Å². The zero-order chi connectivity index (χ0) is 11.2. The first-order valence-corrected chi connectivity index (χ1v) is 6.43. The van der Waals surface area contributed by atoms with Crippen LogP contribution in [0.3, 0.4) is 0 Å². The molecule has 0 aromatic carbocycles. The molecule has 4 heteroatoms. The van der Waals surface area contributed by atoms with E-state index in [0.717, 1.165) is 23.6 Å². The van der Waals surface area contributed by atoms with E-state index in [1.54, 1.807) is 11.3 Å².